The molecule has 0 saturated heterocycles. The van der Waals surface area contributed by atoms with Gasteiger partial charge in [0.25, 0.3) is 0 Å². The van der Waals surface area contributed by atoms with Crippen molar-refractivity contribution in [2.75, 3.05) is 13.0 Å². The number of rotatable bonds is 10. The quantitative estimate of drug-likeness (QED) is 0.194. The van der Waals surface area contributed by atoms with Crippen LogP contribution in [-0.2, 0) is 11.0 Å². The molecule has 0 amide bonds. The lowest BCUT2D eigenvalue weighted by Gasteiger charge is -2.13. The third-order valence-corrected chi connectivity index (χ3v) is 5.61. The van der Waals surface area contributed by atoms with Crippen LogP contribution in [0.25, 0.3) is 0 Å². The molecule has 1 heterocycles. The predicted molar refractivity (Wildman–Crippen MR) is 121 cm³/mol. The molecule has 31 heavy (non-hydrogen) atoms. The second-order valence-corrected chi connectivity index (χ2v) is 7.96. The number of aromatic nitrogens is 1. The number of alkyl halides is 1. The van der Waals surface area contributed by atoms with E-state index in [1.807, 2.05) is 6.92 Å². The number of allylic oxidation sites excluding steroid dienone is 4. The maximum atomic E-state index is 13.2. The smallest absolute Gasteiger partial charge is 0.233 e. The molecular weight excluding hydrogens is 436 g/mol. The Morgan fingerprint density at radius 1 is 1.19 bits per heavy atom. The van der Waals surface area contributed by atoms with Gasteiger partial charge in [0, 0.05) is 34.7 Å². The molecule has 0 aliphatic heterocycles. The van der Waals surface area contributed by atoms with Gasteiger partial charge in [-0.05, 0) is 31.2 Å². The maximum absolute atomic E-state index is 13.2. The number of hydrogen-bond acceptors (Lipinski definition) is 4. The van der Waals surface area contributed by atoms with Crippen LogP contribution in [-0.4, -0.2) is 28.8 Å². The van der Waals surface area contributed by atoms with Gasteiger partial charge in [-0.3, -0.25) is 14.4 Å². The van der Waals surface area contributed by atoms with Gasteiger partial charge in [0.1, 0.15) is 18.1 Å². The van der Waals surface area contributed by atoms with Crippen molar-refractivity contribution < 1.29 is 23.4 Å². The van der Waals surface area contributed by atoms with E-state index in [0.717, 1.165) is 5.69 Å². The molecule has 0 radical (unpaired) electrons. The van der Waals surface area contributed by atoms with E-state index >= 15 is 0 Å². The van der Waals surface area contributed by atoms with Crippen LogP contribution in [0.3, 0.4) is 0 Å². The van der Waals surface area contributed by atoms with Gasteiger partial charge in [-0.2, -0.15) is 0 Å². The average Bonchev–Trinajstić information content (AvgIpc) is 2.77. The molecule has 0 aliphatic carbocycles. The summed E-state index contributed by atoms with van der Waals surface area (Å²) < 4.78 is 17.2. The Kier molecular flexibility index (Phi) is 8.90. The number of benzene rings is 1. The van der Waals surface area contributed by atoms with Crippen molar-refractivity contribution in [1.82, 2.24) is 4.72 Å². The number of hydrogen-bond donors (Lipinski definition) is 1. The monoisotopic (exact) mass is 459 g/mol. The SMILES string of the molecule is C=C/C=C(NS(=O)c1ccc(C(C)=O)cc1)\C(=C/CCl)C(=O)c1ccc(C)[n+](OC)c1. The van der Waals surface area contributed by atoms with E-state index in [1.165, 1.54) is 24.8 Å². The first-order valence-electron chi connectivity index (χ1n) is 9.32. The highest BCUT2D eigenvalue weighted by Gasteiger charge is 2.22. The molecule has 0 aliphatic rings. The van der Waals surface area contributed by atoms with Crippen LogP contribution in [0.4, 0.5) is 0 Å². The van der Waals surface area contributed by atoms with Crippen molar-refractivity contribution in [2.24, 2.45) is 0 Å². The molecule has 1 aromatic heterocycles. The van der Waals surface area contributed by atoms with Gasteiger partial charge in [-0.25, -0.2) is 4.21 Å². The third kappa shape index (κ3) is 6.23. The first-order valence-corrected chi connectivity index (χ1v) is 11.0. The Morgan fingerprint density at radius 2 is 1.84 bits per heavy atom. The number of Topliss-reactive ketones (excluding diaryl/α,β-unsaturated/α-hetero) is 2. The number of nitrogens with zero attached hydrogens (tertiary/aromatic N) is 1. The molecule has 0 saturated carbocycles. The van der Waals surface area contributed by atoms with E-state index in [-0.39, 0.29) is 23.0 Å². The van der Waals surface area contributed by atoms with Crippen LogP contribution in [0.1, 0.15) is 33.3 Å². The van der Waals surface area contributed by atoms with Crippen LogP contribution in [0, 0.1) is 6.92 Å². The zero-order valence-electron chi connectivity index (χ0n) is 17.6. The number of pyridine rings is 1. The Morgan fingerprint density at radius 3 is 2.39 bits per heavy atom. The zero-order valence-corrected chi connectivity index (χ0v) is 19.1. The molecule has 2 aromatic rings. The Hall–Kier alpha value is -3.03. The lowest BCUT2D eigenvalue weighted by Crippen LogP contribution is -2.43. The minimum absolute atomic E-state index is 0.0767. The lowest BCUT2D eigenvalue weighted by molar-refractivity contribution is -0.889. The molecule has 0 fully saturated rings. The second kappa shape index (κ2) is 11.4. The van der Waals surface area contributed by atoms with E-state index in [4.69, 9.17) is 16.4 Å². The van der Waals surface area contributed by atoms with E-state index < -0.39 is 11.0 Å². The summed E-state index contributed by atoms with van der Waals surface area (Å²) in [6.45, 7) is 6.98. The number of ketones is 2. The summed E-state index contributed by atoms with van der Waals surface area (Å²) in [6.07, 6.45) is 6.15. The highest BCUT2D eigenvalue weighted by atomic mass is 35.5. The second-order valence-electron chi connectivity index (χ2n) is 6.44. The topological polar surface area (TPSA) is 76.4 Å². The Bertz CT molecular complexity index is 1080. The molecule has 1 aromatic carbocycles. The summed E-state index contributed by atoms with van der Waals surface area (Å²) in [7, 11) is -0.185. The molecule has 162 valence electrons. The molecule has 8 heteroatoms. The standard InChI is InChI=1S/C23H24ClN2O4S/c1-5-6-22(25-31(29)20-11-9-18(10-12-20)17(3)27)21(13-14-24)23(28)19-8-7-16(2)26(15-19)30-4/h5-13,15,25H,1,14H2,2-4H3/q+1/b21-13+,22-6+. The van der Waals surface area contributed by atoms with Gasteiger partial charge in [0.2, 0.25) is 17.7 Å². The fraction of sp³-hybridized carbons (Fsp3) is 0.174. The minimum atomic E-state index is -1.69. The first-order chi connectivity index (χ1) is 14.8. The van der Waals surface area contributed by atoms with Crippen LogP contribution in [0.5, 0.6) is 0 Å². The highest BCUT2D eigenvalue weighted by molar-refractivity contribution is 7.83. The van der Waals surface area contributed by atoms with Crippen molar-refractivity contribution in [2.45, 2.75) is 18.7 Å². The number of nitrogens with one attached hydrogen (secondary N) is 1. The van der Waals surface area contributed by atoms with Crippen LogP contribution in [0.15, 0.2) is 83.6 Å². The third-order valence-electron chi connectivity index (χ3n) is 4.35. The van der Waals surface area contributed by atoms with Gasteiger partial charge in [-0.15, -0.1) is 11.6 Å². The average molecular weight is 460 g/mol. The summed E-state index contributed by atoms with van der Waals surface area (Å²) in [6, 6.07) is 9.83. The van der Waals surface area contributed by atoms with Crippen LogP contribution in [0.2, 0.25) is 0 Å². The molecule has 0 spiro atoms. The van der Waals surface area contributed by atoms with Gasteiger partial charge >= 0.3 is 0 Å². The van der Waals surface area contributed by atoms with Crippen molar-refractivity contribution in [3.63, 3.8) is 0 Å². The van der Waals surface area contributed by atoms with Crippen molar-refractivity contribution in [3.05, 3.63) is 95.5 Å². The summed E-state index contributed by atoms with van der Waals surface area (Å²) in [5, 5.41) is 0. The molecular formula is C23H24ClN2O4S+. The normalized spacial score (nSPS) is 12.8. The molecule has 2 rings (SSSR count). The van der Waals surface area contributed by atoms with Crippen molar-refractivity contribution in [3.8, 4) is 0 Å². The number of carbonyl (C=O) groups excluding carboxylic acids is 2. The van der Waals surface area contributed by atoms with Gasteiger partial charge in [0.15, 0.2) is 5.78 Å². The number of halogens is 1. The molecule has 1 unspecified atom stereocenters. The molecule has 1 N–H and O–H groups in total. The summed E-state index contributed by atoms with van der Waals surface area (Å²) in [4.78, 5) is 30.3. The zero-order chi connectivity index (χ0) is 23.0. The van der Waals surface area contributed by atoms with Gasteiger partial charge in [0.05, 0.1) is 16.2 Å². The summed E-state index contributed by atoms with van der Waals surface area (Å²) in [5.41, 5.74) is 2.26. The van der Waals surface area contributed by atoms with E-state index in [9.17, 15) is 13.8 Å². The number of carbonyl (C=O) groups is 2. The molecule has 1 atom stereocenters. The molecule has 0 bridgehead atoms. The first kappa shape index (κ1) is 24.2. The maximum Gasteiger partial charge on any atom is 0.233 e. The van der Waals surface area contributed by atoms with Crippen molar-refractivity contribution in [1.29, 1.82) is 0 Å². The van der Waals surface area contributed by atoms with Crippen LogP contribution >= 0.6 is 11.6 Å². The Balaban J connectivity index is 2.37. The highest BCUT2D eigenvalue weighted by Crippen LogP contribution is 2.18. The number of aryl methyl sites for hydroxylation is 1. The van der Waals surface area contributed by atoms with Gasteiger partial charge in [-0.1, -0.05) is 30.9 Å². The minimum Gasteiger partial charge on any atom is -0.300 e. The Labute approximate surface area is 189 Å². The largest absolute Gasteiger partial charge is 0.300 e. The van der Waals surface area contributed by atoms with E-state index in [1.54, 1.807) is 54.7 Å². The predicted octanol–water partition coefficient (Wildman–Crippen LogP) is 3.27. The van der Waals surface area contributed by atoms with Crippen molar-refractivity contribution >= 4 is 34.2 Å². The fourth-order valence-corrected chi connectivity index (χ4v) is 3.75. The van der Waals surface area contributed by atoms with E-state index in [0.29, 0.717) is 21.7 Å². The summed E-state index contributed by atoms with van der Waals surface area (Å²) in [5.74, 6) is -0.328. The molecule has 6 nitrogen and oxygen atoms in total. The van der Waals surface area contributed by atoms with E-state index in [2.05, 4.69) is 11.3 Å². The lowest BCUT2D eigenvalue weighted by atomic mass is 10.0. The van der Waals surface area contributed by atoms with Crippen LogP contribution < -0.4 is 14.3 Å². The summed E-state index contributed by atoms with van der Waals surface area (Å²) >= 11 is 5.91. The fourth-order valence-electron chi connectivity index (χ4n) is 2.71. The van der Waals surface area contributed by atoms with Gasteiger partial charge < -0.3 is 4.72 Å².